The second kappa shape index (κ2) is 11.4. The van der Waals surface area contributed by atoms with E-state index in [-0.39, 0.29) is 48.4 Å². The van der Waals surface area contributed by atoms with Gasteiger partial charge in [0, 0.05) is 36.3 Å². The fourth-order valence-electron chi connectivity index (χ4n) is 3.94. The minimum Gasteiger partial charge on any atom is -0.461 e. The molecule has 0 spiro atoms. The Morgan fingerprint density at radius 1 is 1.19 bits per heavy atom. The molecule has 2 N–H and O–H groups in total. The molecule has 0 unspecified atom stereocenters. The summed E-state index contributed by atoms with van der Waals surface area (Å²) >= 11 is 5.89. The fourth-order valence-corrected chi connectivity index (χ4v) is 4.07. The second-order valence-corrected chi connectivity index (χ2v) is 8.57. The van der Waals surface area contributed by atoms with Crippen molar-refractivity contribution in [2.24, 2.45) is 0 Å². The highest BCUT2D eigenvalue weighted by Crippen LogP contribution is 2.29. The van der Waals surface area contributed by atoms with Crippen LogP contribution in [0.15, 0.2) is 53.3 Å². The molecule has 1 saturated heterocycles. The van der Waals surface area contributed by atoms with Gasteiger partial charge in [0.15, 0.2) is 17.8 Å². The first kappa shape index (κ1) is 26.1. The maximum Gasteiger partial charge on any atom is 0.360 e. The second-order valence-electron chi connectivity index (χ2n) is 8.13. The highest BCUT2D eigenvalue weighted by Gasteiger charge is 2.40. The molecule has 37 heavy (non-hydrogen) atoms. The van der Waals surface area contributed by atoms with Crippen LogP contribution in [0.1, 0.15) is 23.8 Å². The molecular weight excluding hydrogens is 507 g/mol. The number of rotatable bonds is 7. The van der Waals surface area contributed by atoms with E-state index in [2.05, 4.69) is 15.6 Å². The van der Waals surface area contributed by atoms with Crippen LogP contribution in [0.3, 0.4) is 0 Å². The molecule has 4 rings (SSSR count). The van der Waals surface area contributed by atoms with Gasteiger partial charge < -0.3 is 29.4 Å². The molecule has 10 nitrogen and oxygen atoms in total. The summed E-state index contributed by atoms with van der Waals surface area (Å²) in [5, 5.41) is 5.78. The van der Waals surface area contributed by atoms with Gasteiger partial charge in [0.25, 0.3) is 0 Å². The predicted molar refractivity (Wildman–Crippen MR) is 133 cm³/mol. The summed E-state index contributed by atoms with van der Waals surface area (Å²) < 4.78 is 30.5. The number of urea groups is 1. The first-order valence-corrected chi connectivity index (χ1v) is 11.8. The third-order valence-corrected chi connectivity index (χ3v) is 6.03. The average Bonchev–Trinajstić information content (AvgIpc) is 3.54. The SMILES string of the molecule is CCOC(=O)c1ncoc1-c1ccc(NC(=O)[C@H]2C[C@@H](OC)CN2C(=O)Nc2ccc(Cl)cc2)c(F)c1. The quantitative estimate of drug-likeness (QED) is 0.429. The summed E-state index contributed by atoms with van der Waals surface area (Å²) in [5.74, 6) is -2.01. The van der Waals surface area contributed by atoms with Gasteiger partial charge in [-0.3, -0.25) is 4.79 Å². The molecule has 0 aliphatic carbocycles. The van der Waals surface area contributed by atoms with E-state index in [0.29, 0.717) is 10.7 Å². The van der Waals surface area contributed by atoms with Crippen molar-refractivity contribution in [2.75, 3.05) is 30.9 Å². The van der Waals surface area contributed by atoms with Gasteiger partial charge in [-0.15, -0.1) is 0 Å². The van der Waals surface area contributed by atoms with Crippen molar-refractivity contribution >= 4 is 40.9 Å². The third-order valence-electron chi connectivity index (χ3n) is 5.78. The number of oxazole rings is 1. The molecule has 0 saturated carbocycles. The largest absolute Gasteiger partial charge is 0.461 e. The van der Waals surface area contributed by atoms with Gasteiger partial charge in [-0.1, -0.05) is 11.6 Å². The van der Waals surface area contributed by atoms with Crippen LogP contribution in [0.5, 0.6) is 0 Å². The Balaban J connectivity index is 1.49. The maximum absolute atomic E-state index is 15.0. The fraction of sp³-hybridized carbons (Fsp3) is 0.280. The van der Waals surface area contributed by atoms with Crippen LogP contribution >= 0.6 is 11.6 Å². The number of carbonyl (C=O) groups is 3. The minimum atomic E-state index is -0.902. The highest BCUT2D eigenvalue weighted by atomic mass is 35.5. The molecule has 3 amide bonds. The summed E-state index contributed by atoms with van der Waals surface area (Å²) in [5.41, 5.74) is 0.549. The van der Waals surface area contributed by atoms with E-state index in [0.717, 1.165) is 12.5 Å². The monoisotopic (exact) mass is 530 g/mol. The summed E-state index contributed by atoms with van der Waals surface area (Å²) in [4.78, 5) is 43.3. The molecular formula is C25H24ClFN4O6. The maximum atomic E-state index is 15.0. The van der Waals surface area contributed by atoms with Crippen LogP contribution in [-0.2, 0) is 14.3 Å². The lowest BCUT2D eigenvalue weighted by Gasteiger charge is -2.24. The number of benzene rings is 2. The Kier molecular flexibility index (Phi) is 8.04. The zero-order valence-corrected chi connectivity index (χ0v) is 20.8. The van der Waals surface area contributed by atoms with Gasteiger partial charge >= 0.3 is 12.0 Å². The Hall–Kier alpha value is -3.96. The van der Waals surface area contributed by atoms with Gasteiger partial charge in [0.1, 0.15) is 11.9 Å². The van der Waals surface area contributed by atoms with Crippen molar-refractivity contribution in [3.05, 3.63) is 65.4 Å². The molecule has 1 aromatic heterocycles. The van der Waals surface area contributed by atoms with E-state index >= 15 is 0 Å². The molecule has 1 fully saturated rings. The number of anilines is 2. The number of ether oxygens (including phenoxy) is 2. The number of nitrogens with one attached hydrogen (secondary N) is 2. The topological polar surface area (TPSA) is 123 Å². The first-order chi connectivity index (χ1) is 17.8. The highest BCUT2D eigenvalue weighted by molar-refractivity contribution is 6.30. The zero-order valence-electron chi connectivity index (χ0n) is 20.0. The smallest absolute Gasteiger partial charge is 0.360 e. The summed E-state index contributed by atoms with van der Waals surface area (Å²) in [6, 6.07) is 9.04. The Morgan fingerprint density at radius 3 is 2.62 bits per heavy atom. The van der Waals surface area contributed by atoms with Gasteiger partial charge in [-0.2, -0.15) is 0 Å². The zero-order chi connectivity index (χ0) is 26.5. The van der Waals surface area contributed by atoms with Crippen LogP contribution in [0, 0.1) is 5.82 Å². The van der Waals surface area contributed by atoms with E-state index in [4.69, 9.17) is 25.5 Å². The van der Waals surface area contributed by atoms with E-state index < -0.39 is 29.8 Å². The molecule has 1 aliphatic rings. The summed E-state index contributed by atoms with van der Waals surface area (Å²) in [6.45, 7) is 1.97. The number of aromatic nitrogens is 1. The van der Waals surface area contributed by atoms with Crippen molar-refractivity contribution < 1.29 is 32.7 Å². The molecule has 194 valence electrons. The first-order valence-electron chi connectivity index (χ1n) is 11.4. The van der Waals surface area contributed by atoms with E-state index in [9.17, 15) is 18.8 Å². The lowest BCUT2D eigenvalue weighted by atomic mass is 10.1. The van der Waals surface area contributed by atoms with E-state index in [1.165, 1.54) is 24.1 Å². The van der Waals surface area contributed by atoms with Crippen LogP contribution in [0.2, 0.25) is 5.02 Å². The number of halogens is 2. The number of amides is 3. The number of nitrogens with zero attached hydrogens (tertiary/aromatic N) is 2. The van der Waals surface area contributed by atoms with Crippen LogP contribution in [0.25, 0.3) is 11.3 Å². The Labute approximate surface area is 216 Å². The lowest BCUT2D eigenvalue weighted by molar-refractivity contribution is -0.119. The Morgan fingerprint density at radius 2 is 1.95 bits per heavy atom. The summed E-state index contributed by atoms with van der Waals surface area (Å²) in [6.07, 6.45) is 0.925. The minimum absolute atomic E-state index is 0.0407. The molecule has 1 aliphatic heterocycles. The van der Waals surface area contributed by atoms with Crippen molar-refractivity contribution in [1.82, 2.24) is 9.88 Å². The van der Waals surface area contributed by atoms with Crippen LogP contribution < -0.4 is 10.6 Å². The third kappa shape index (κ3) is 5.89. The standard InChI is InChI=1S/C25H24ClFN4O6/c1-3-36-24(33)21-22(37-13-28-21)14-4-9-19(18(27)10-14)30-23(32)20-11-17(35-2)12-31(20)25(34)29-16-7-5-15(26)6-8-16/h4-10,13,17,20H,3,11-12H2,1-2H3,(H,29,34)(H,30,32)/t17-,20-/m1/s1. The number of esters is 1. The average molecular weight is 531 g/mol. The van der Waals surface area contributed by atoms with Crippen molar-refractivity contribution in [2.45, 2.75) is 25.5 Å². The normalized spacial score (nSPS) is 16.9. The molecule has 2 aromatic carbocycles. The van der Waals surface area contributed by atoms with Gasteiger partial charge in [-0.25, -0.2) is 19.0 Å². The van der Waals surface area contributed by atoms with Gasteiger partial charge in [-0.05, 0) is 49.4 Å². The van der Waals surface area contributed by atoms with Crippen molar-refractivity contribution in [1.29, 1.82) is 0 Å². The molecule has 0 bridgehead atoms. The van der Waals surface area contributed by atoms with Gasteiger partial charge in [0.05, 0.1) is 18.4 Å². The predicted octanol–water partition coefficient (Wildman–Crippen LogP) is 4.57. The lowest BCUT2D eigenvalue weighted by Crippen LogP contribution is -2.45. The number of likely N-dealkylation sites (tertiary alicyclic amines) is 1. The van der Waals surface area contributed by atoms with Crippen molar-refractivity contribution in [3.63, 3.8) is 0 Å². The molecule has 0 radical (unpaired) electrons. The number of carbonyl (C=O) groups excluding carboxylic acids is 3. The molecule has 12 heteroatoms. The number of methoxy groups -OCH3 is 1. The van der Waals surface area contributed by atoms with E-state index in [1.54, 1.807) is 31.2 Å². The molecule has 3 aromatic rings. The number of hydrogen-bond donors (Lipinski definition) is 2. The Bertz CT molecular complexity index is 1300. The van der Waals surface area contributed by atoms with Crippen molar-refractivity contribution in [3.8, 4) is 11.3 Å². The molecule has 2 atom stereocenters. The molecule has 2 heterocycles. The van der Waals surface area contributed by atoms with Gasteiger partial charge in [0.2, 0.25) is 5.91 Å². The van der Waals surface area contributed by atoms with Crippen LogP contribution in [-0.4, -0.2) is 60.2 Å². The van der Waals surface area contributed by atoms with E-state index in [1.807, 2.05) is 0 Å². The summed E-state index contributed by atoms with van der Waals surface area (Å²) in [7, 11) is 1.49. The number of hydrogen-bond acceptors (Lipinski definition) is 7. The van der Waals surface area contributed by atoms with Crippen LogP contribution in [0.4, 0.5) is 20.6 Å².